The van der Waals surface area contributed by atoms with Gasteiger partial charge in [0, 0.05) is 6.54 Å². The molecule has 0 rings (SSSR count). The van der Waals surface area contributed by atoms with E-state index in [2.05, 4.69) is 20.5 Å². The van der Waals surface area contributed by atoms with Crippen LogP contribution in [0.15, 0.2) is 0 Å². The lowest BCUT2D eigenvalue weighted by Crippen LogP contribution is -2.22. The van der Waals surface area contributed by atoms with Gasteiger partial charge in [0.2, 0.25) is 0 Å². The van der Waals surface area contributed by atoms with Crippen LogP contribution >= 0.6 is 17.3 Å². The molecule has 0 saturated carbocycles. The van der Waals surface area contributed by atoms with Crippen LogP contribution in [0, 0.1) is 0 Å². The molecule has 0 aromatic carbocycles. The third-order valence-corrected chi connectivity index (χ3v) is 3.01. The largest absolute Gasteiger partial charge is 0.392 e. The highest BCUT2D eigenvalue weighted by molar-refractivity contribution is 8.01. The van der Waals surface area contributed by atoms with E-state index in [4.69, 9.17) is 5.11 Å². The number of hydrogen-bond acceptors (Lipinski definition) is 2. The van der Waals surface area contributed by atoms with Crippen molar-refractivity contribution >= 4 is 17.3 Å². The molecule has 0 aromatic rings. The van der Waals surface area contributed by atoms with E-state index in [-0.39, 0.29) is 6.10 Å². The van der Waals surface area contributed by atoms with Gasteiger partial charge < -0.3 is 5.11 Å². The summed E-state index contributed by atoms with van der Waals surface area (Å²) in [4.78, 5) is 0. The van der Waals surface area contributed by atoms with Crippen LogP contribution in [0.3, 0.4) is 0 Å². The van der Waals surface area contributed by atoms with Crippen molar-refractivity contribution in [3.05, 3.63) is 0 Å². The summed E-state index contributed by atoms with van der Waals surface area (Å²) in [5.41, 5.74) is 0. The Morgan fingerprint density at radius 1 is 1.78 bits per heavy atom. The molecule has 3 atom stereocenters. The monoisotopic (exact) mass is 167 g/mol. The summed E-state index contributed by atoms with van der Waals surface area (Å²) < 4.78 is 2.19. The second kappa shape index (κ2) is 5.56. The predicted octanol–water partition coefficient (Wildman–Crippen LogP) is 1.07. The number of hydrogen-bond donors (Lipinski definition) is 1. The lowest BCUT2D eigenvalue weighted by atomic mass is 10.4. The van der Waals surface area contributed by atoms with E-state index < -0.39 is 0 Å². The summed E-state index contributed by atoms with van der Waals surface area (Å²) >= 11 is 0. The fourth-order valence-corrected chi connectivity index (χ4v) is 2.01. The highest BCUT2D eigenvalue weighted by Gasteiger charge is 2.01. The van der Waals surface area contributed by atoms with E-state index in [1.165, 1.54) is 0 Å². The Bertz CT molecular complexity index is 66.0. The second-order valence-electron chi connectivity index (χ2n) is 2.02. The summed E-state index contributed by atoms with van der Waals surface area (Å²) in [5, 5.41) is 8.94. The molecule has 56 valence electrons. The van der Waals surface area contributed by atoms with Crippen LogP contribution in [0.4, 0.5) is 0 Å². The highest BCUT2D eigenvalue weighted by atomic mass is 32.0. The Balaban J connectivity index is 3.31. The summed E-state index contributed by atoms with van der Waals surface area (Å²) in [6.45, 7) is 5.72. The Labute approximate surface area is 60.9 Å². The van der Waals surface area contributed by atoms with E-state index in [1.54, 1.807) is 0 Å². The maximum Gasteiger partial charge on any atom is 0.0642 e. The average molecular weight is 167 g/mol. The molecule has 0 aliphatic heterocycles. The van der Waals surface area contributed by atoms with Crippen molar-refractivity contribution in [1.82, 2.24) is 4.67 Å². The average Bonchev–Trinajstić information content (AvgIpc) is 1.82. The van der Waals surface area contributed by atoms with Gasteiger partial charge in [-0.25, -0.2) is 0 Å². The smallest absolute Gasteiger partial charge is 0.0642 e. The van der Waals surface area contributed by atoms with Crippen LogP contribution in [0.25, 0.3) is 0 Å². The highest BCUT2D eigenvalue weighted by Crippen LogP contribution is 2.25. The first-order valence-electron chi connectivity index (χ1n) is 3.10. The molecule has 9 heavy (non-hydrogen) atoms. The molecular weight excluding hydrogens is 152 g/mol. The predicted molar refractivity (Wildman–Crippen MR) is 47.0 cm³/mol. The summed E-state index contributed by atoms with van der Waals surface area (Å²) in [7, 11) is 3.40. The number of rotatable bonds is 4. The van der Waals surface area contributed by atoms with Crippen LogP contribution < -0.4 is 0 Å². The minimum atomic E-state index is -0.196. The van der Waals surface area contributed by atoms with E-state index in [0.717, 1.165) is 21.5 Å². The van der Waals surface area contributed by atoms with Crippen LogP contribution in [-0.2, 0) is 0 Å². The quantitative estimate of drug-likeness (QED) is 0.633. The van der Waals surface area contributed by atoms with Gasteiger partial charge in [0.05, 0.1) is 6.10 Å². The Hall–Kier alpha value is 0.780. The van der Waals surface area contributed by atoms with Crippen molar-refractivity contribution in [2.45, 2.75) is 20.0 Å². The Morgan fingerprint density at radius 3 is 2.44 bits per heavy atom. The molecule has 4 heteroatoms. The normalized spacial score (nSPS) is 15.7. The SMILES string of the molecule is CCN(CC(C)O)PP. The first-order chi connectivity index (χ1) is 4.20. The number of aliphatic hydroxyl groups excluding tert-OH is 1. The summed E-state index contributed by atoms with van der Waals surface area (Å²) in [6.07, 6.45) is -0.196. The van der Waals surface area contributed by atoms with Crippen molar-refractivity contribution < 1.29 is 5.11 Å². The Kier molecular flexibility index (Phi) is 6.04. The van der Waals surface area contributed by atoms with Gasteiger partial charge in [-0.3, -0.25) is 4.67 Å². The molecule has 0 fully saturated rings. The fourth-order valence-electron chi connectivity index (χ4n) is 0.592. The molecule has 0 radical (unpaired) electrons. The molecule has 0 aromatic heterocycles. The van der Waals surface area contributed by atoms with Crippen LogP contribution in [0.5, 0.6) is 0 Å². The Morgan fingerprint density at radius 2 is 2.33 bits per heavy atom. The molecule has 0 saturated heterocycles. The molecule has 2 nitrogen and oxygen atoms in total. The zero-order chi connectivity index (χ0) is 7.28. The van der Waals surface area contributed by atoms with Crippen molar-refractivity contribution in [3.63, 3.8) is 0 Å². The van der Waals surface area contributed by atoms with Gasteiger partial charge in [-0.05, 0) is 21.9 Å². The summed E-state index contributed by atoms with van der Waals surface area (Å²) in [5.74, 6) is 0. The molecule has 0 heterocycles. The van der Waals surface area contributed by atoms with Crippen molar-refractivity contribution in [3.8, 4) is 0 Å². The number of aliphatic hydroxyl groups is 1. The third kappa shape index (κ3) is 5.24. The fraction of sp³-hybridized carbons (Fsp3) is 1.00. The molecular formula is C5H15NOP2. The van der Waals surface area contributed by atoms with Crippen molar-refractivity contribution in [2.75, 3.05) is 13.1 Å². The molecule has 1 N–H and O–H groups in total. The molecule has 0 aliphatic carbocycles. The summed E-state index contributed by atoms with van der Waals surface area (Å²) in [6, 6.07) is 0. The van der Waals surface area contributed by atoms with E-state index in [9.17, 15) is 0 Å². The van der Waals surface area contributed by atoms with Gasteiger partial charge in [0.25, 0.3) is 0 Å². The molecule has 0 bridgehead atoms. The van der Waals surface area contributed by atoms with Gasteiger partial charge in [0.1, 0.15) is 0 Å². The van der Waals surface area contributed by atoms with Crippen molar-refractivity contribution in [1.29, 1.82) is 0 Å². The van der Waals surface area contributed by atoms with Gasteiger partial charge in [0.15, 0.2) is 0 Å². The minimum absolute atomic E-state index is 0.196. The molecule has 0 aliphatic rings. The van der Waals surface area contributed by atoms with E-state index in [0.29, 0.717) is 0 Å². The van der Waals surface area contributed by atoms with Crippen LogP contribution in [-0.4, -0.2) is 29.0 Å². The first-order valence-corrected chi connectivity index (χ1v) is 5.85. The standard InChI is InChI=1S/C5H15NOP2/c1-3-6(9-8)4-5(2)7/h5,7,9H,3-4,8H2,1-2H3. The third-order valence-electron chi connectivity index (χ3n) is 1.05. The maximum atomic E-state index is 8.94. The van der Waals surface area contributed by atoms with E-state index in [1.807, 2.05) is 6.92 Å². The van der Waals surface area contributed by atoms with Gasteiger partial charge in [-0.2, -0.15) is 0 Å². The molecule has 0 amide bonds. The van der Waals surface area contributed by atoms with Gasteiger partial charge >= 0.3 is 0 Å². The minimum Gasteiger partial charge on any atom is -0.392 e. The topological polar surface area (TPSA) is 23.5 Å². The van der Waals surface area contributed by atoms with Gasteiger partial charge in [-0.1, -0.05) is 15.9 Å². The molecule has 0 spiro atoms. The maximum absolute atomic E-state index is 8.94. The zero-order valence-corrected chi connectivity index (χ0v) is 8.12. The van der Waals surface area contributed by atoms with Crippen LogP contribution in [0.2, 0.25) is 0 Å². The van der Waals surface area contributed by atoms with E-state index >= 15 is 0 Å². The first kappa shape index (κ1) is 9.78. The lowest BCUT2D eigenvalue weighted by molar-refractivity contribution is 0.169. The van der Waals surface area contributed by atoms with Crippen molar-refractivity contribution in [2.24, 2.45) is 0 Å². The molecule has 3 unspecified atom stereocenters. The lowest BCUT2D eigenvalue weighted by Gasteiger charge is -2.18. The number of likely N-dealkylation sites (N-methyl/N-ethyl adjacent to an activating group) is 1. The second-order valence-corrected chi connectivity index (χ2v) is 3.68. The van der Waals surface area contributed by atoms with Gasteiger partial charge in [-0.15, -0.1) is 0 Å². The zero-order valence-electron chi connectivity index (χ0n) is 5.96. The number of nitrogens with zero attached hydrogens (tertiary/aromatic N) is 1. The van der Waals surface area contributed by atoms with Crippen LogP contribution in [0.1, 0.15) is 13.8 Å².